The number of anilines is 2. The van der Waals surface area contributed by atoms with Crippen molar-refractivity contribution in [2.24, 2.45) is 4.99 Å². The van der Waals surface area contributed by atoms with E-state index in [2.05, 4.69) is 49.7 Å². The van der Waals surface area contributed by atoms with Gasteiger partial charge >= 0.3 is 23.7 Å². The lowest BCUT2D eigenvalue weighted by Crippen LogP contribution is -2.08. The maximum atomic E-state index is 11.3. The van der Waals surface area contributed by atoms with E-state index in [1.54, 1.807) is 0 Å². The highest BCUT2D eigenvalue weighted by atomic mass is 35.5. The quantitative estimate of drug-likeness (QED) is 0.120. The third-order valence-electron chi connectivity index (χ3n) is 5.05. The van der Waals surface area contributed by atoms with Crippen LogP contribution in [-0.2, 0) is 22.6 Å². The van der Waals surface area contributed by atoms with Crippen molar-refractivity contribution < 1.29 is 37.4 Å². The van der Waals surface area contributed by atoms with Gasteiger partial charge in [0.15, 0.2) is 0 Å². The molecule has 0 saturated heterocycles. The molecule has 4 aromatic rings. The minimum Gasteiger partial charge on any atom is -0.479 e. The first-order chi connectivity index (χ1) is 21.1. The molecular formula is C24H24Cl2N10O8. The van der Waals surface area contributed by atoms with Crippen LogP contribution in [0.25, 0.3) is 0 Å². The second-order valence-electron chi connectivity index (χ2n) is 7.80. The number of esters is 2. The number of oxazole rings is 2. The first-order valence-corrected chi connectivity index (χ1v) is 12.7. The fourth-order valence-corrected chi connectivity index (χ4v) is 3.41. The number of carbonyl (C=O) groups excluding carboxylic acids is 2. The van der Waals surface area contributed by atoms with Crippen LogP contribution < -0.4 is 20.5 Å². The molecule has 0 radical (unpaired) electrons. The van der Waals surface area contributed by atoms with Gasteiger partial charge in [-0.3, -0.25) is 4.99 Å². The van der Waals surface area contributed by atoms with Crippen molar-refractivity contribution in [2.75, 3.05) is 39.5 Å². The van der Waals surface area contributed by atoms with Crippen LogP contribution in [0.3, 0.4) is 0 Å². The lowest BCUT2D eigenvalue weighted by atomic mass is 10.3. The Kier molecular flexibility index (Phi) is 11.9. The lowest BCUT2D eigenvalue weighted by Gasteiger charge is -2.11. The third kappa shape index (κ3) is 8.58. The number of carbonyl (C=O) groups is 2. The SMILES string of the molecule is COC(=O)c1nc(CN=Cc2nc(Cl)nc(OC)c2N)co1.COC(=O)c1nc(CNc2c(C=N)nc(Cl)nc2OC)co1. The summed E-state index contributed by atoms with van der Waals surface area (Å²) in [7, 11) is 5.30. The topological polar surface area (TPSA) is 249 Å². The van der Waals surface area contributed by atoms with Gasteiger partial charge in [-0.1, -0.05) is 0 Å². The molecule has 0 atom stereocenters. The van der Waals surface area contributed by atoms with Gasteiger partial charge in [0.1, 0.15) is 41.0 Å². The number of nitrogens with one attached hydrogen (secondary N) is 2. The molecule has 0 aliphatic heterocycles. The molecule has 0 spiro atoms. The number of rotatable bonds is 11. The van der Waals surface area contributed by atoms with Crippen LogP contribution >= 0.6 is 23.2 Å². The summed E-state index contributed by atoms with van der Waals surface area (Å²) in [6, 6.07) is 0. The van der Waals surface area contributed by atoms with Crippen molar-refractivity contribution in [3.63, 3.8) is 0 Å². The largest absolute Gasteiger partial charge is 0.479 e. The summed E-state index contributed by atoms with van der Waals surface area (Å²) in [6.45, 7) is 0.354. The highest BCUT2D eigenvalue weighted by Gasteiger charge is 2.17. The van der Waals surface area contributed by atoms with Crippen LogP contribution in [0.15, 0.2) is 26.4 Å². The minimum atomic E-state index is -0.668. The zero-order valence-corrected chi connectivity index (χ0v) is 25.0. The zero-order valence-electron chi connectivity index (χ0n) is 23.5. The minimum absolute atomic E-state index is 0.0121. The average molecular weight is 651 g/mol. The number of nitrogens with zero attached hydrogens (tertiary/aromatic N) is 7. The molecule has 0 aliphatic carbocycles. The van der Waals surface area contributed by atoms with Crippen LogP contribution in [0.1, 0.15) is 44.1 Å². The van der Waals surface area contributed by atoms with Crippen LogP contribution in [0.5, 0.6) is 11.8 Å². The number of hydrogen-bond acceptors (Lipinski definition) is 18. The second-order valence-corrected chi connectivity index (χ2v) is 8.48. The van der Waals surface area contributed by atoms with Crippen LogP contribution in [0.2, 0.25) is 10.6 Å². The molecular weight excluding hydrogens is 627 g/mol. The molecule has 4 N–H and O–H groups in total. The van der Waals surface area contributed by atoms with E-state index in [9.17, 15) is 9.59 Å². The molecule has 4 aromatic heterocycles. The second kappa shape index (κ2) is 15.8. The van der Waals surface area contributed by atoms with Gasteiger partial charge in [0.05, 0.1) is 47.2 Å². The molecule has 0 fully saturated rings. The Morgan fingerprint density at radius 2 is 1.43 bits per heavy atom. The van der Waals surface area contributed by atoms with E-state index in [-0.39, 0.29) is 58.6 Å². The van der Waals surface area contributed by atoms with E-state index >= 15 is 0 Å². The monoisotopic (exact) mass is 650 g/mol. The molecule has 4 rings (SSSR count). The molecule has 0 aliphatic rings. The standard InChI is InChI=1S/2C12H12ClN5O4/c1-20-9-8(7(3-14)17-12(13)18-9)15-4-6-5-22-10(16-6)11(19)21-2;1-20-9-8(14)7(17-12(13)18-9)4-15-3-6-5-22-10(16-6)11(19)21-2/h3,5,14-15H,4H2,1-2H3;4-5H,3,14H2,1-2H3. The van der Waals surface area contributed by atoms with Crippen molar-refractivity contribution in [1.29, 1.82) is 5.41 Å². The van der Waals surface area contributed by atoms with Gasteiger partial charge in [-0.2, -0.15) is 9.97 Å². The first kappa shape index (κ1) is 33.1. The van der Waals surface area contributed by atoms with Gasteiger partial charge in [-0.05, 0) is 23.2 Å². The summed E-state index contributed by atoms with van der Waals surface area (Å²) < 4.78 is 29.0. The van der Waals surface area contributed by atoms with Gasteiger partial charge in [0, 0.05) is 12.4 Å². The van der Waals surface area contributed by atoms with E-state index in [4.69, 9.17) is 52.7 Å². The van der Waals surface area contributed by atoms with E-state index in [0.717, 1.165) is 6.21 Å². The molecule has 20 heteroatoms. The predicted molar refractivity (Wildman–Crippen MR) is 154 cm³/mol. The molecule has 0 bridgehead atoms. The first-order valence-electron chi connectivity index (χ1n) is 11.9. The number of methoxy groups -OCH3 is 4. The summed E-state index contributed by atoms with van der Waals surface area (Å²) in [4.78, 5) is 50.0. The van der Waals surface area contributed by atoms with Crippen molar-refractivity contribution >= 4 is 58.9 Å². The van der Waals surface area contributed by atoms with E-state index < -0.39 is 11.9 Å². The summed E-state index contributed by atoms with van der Waals surface area (Å²) in [6.07, 6.45) is 5.03. The number of aliphatic imine (C=N–C) groups is 1. The fraction of sp³-hybridized carbons (Fsp3) is 0.250. The van der Waals surface area contributed by atoms with Crippen molar-refractivity contribution in [3.05, 3.63) is 57.7 Å². The number of nitrogen functional groups attached to an aromatic ring is 1. The Hall–Kier alpha value is -5.36. The summed E-state index contributed by atoms with van der Waals surface area (Å²) >= 11 is 11.5. The van der Waals surface area contributed by atoms with Gasteiger partial charge in [-0.25, -0.2) is 29.5 Å². The van der Waals surface area contributed by atoms with Crippen molar-refractivity contribution in [3.8, 4) is 11.8 Å². The fourth-order valence-electron chi connectivity index (χ4n) is 3.07. The van der Waals surface area contributed by atoms with Crippen LogP contribution in [0.4, 0.5) is 11.4 Å². The highest BCUT2D eigenvalue weighted by Crippen LogP contribution is 2.26. The maximum Gasteiger partial charge on any atom is 0.394 e. The van der Waals surface area contributed by atoms with E-state index in [1.807, 2.05) is 0 Å². The smallest absolute Gasteiger partial charge is 0.394 e. The van der Waals surface area contributed by atoms with Gasteiger partial charge in [-0.15, -0.1) is 0 Å². The lowest BCUT2D eigenvalue weighted by molar-refractivity contribution is 0.0548. The molecule has 0 amide bonds. The number of nitrogens with two attached hydrogens (primary N) is 1. The molecule has 0 aromatic carbocycles. The van der Waals surface area contributed by atoms with E-state index in [0.29, 0.717) is 22.8 Å². The van der Waals surface area contributed by atoms with E-state index in [1.165, 1.54) is 47.2 Å². The zero-order chi connectivity index (χ0) is 32.2. The Balaban J connectivity index is 0.000000240. The molecule has 18 nitrogen and oxygen atoms in total. The van der Waals surface area contributed by atoms with Crippen molar-refractivity contribution in [1.82, 2.24) is 29.9 Å². The number of hydrogen-bond donors (Lipinski definition) is 3. The molecule has 44 heavy (non-hydrogen) atoms. The Labute approximate surface area is 258 Å². The normalized spacial score (nSPS) is 10.5. The van der Waals surface area contributed by atoms with Gasteiger partial charge < -0.3 is 44.2 Å². The average Bonchev–Trinajstić information content (AvgIpc) is 3.71. The predicted octanol–water partition coefficient (Wildman–Crippen LogP) is 2.64. The Bertz CT molecular complexity index is 1660. The Morgan fingerprint density at radius 1 is 0.886 bits per heavy atom. The van der Waals surface area contributed by atoms with Crippen LogP contribution in [0, 0.1) is 5.41 Å². The van der Waals surface area contributed by atoms with Crippen LogP contribution in [-0.4, -0.2) is 82.7 Å². The number of ether oxygens (including phenoxy) is 4. The number of aromatic nitrogens is 6. The Morgan fingerprint density at radius 3 is 2.00 bits per heavy atom. The van der Waals surface area contributed by atoms with Crippen molar-refractivity contribution in [2.45, 2.75) is 13.1 Å². The van der Waals surface area contributed by atoms with Gasteiger partial charge in [0.2, 0.25) is 22.3 Å². The summed E-state index contributed by atoms with van der Waals surface area (Å²) in [5.41, 5.74) is 7.87. The molecule has 4 heterocycles. The molecule has 232 valence electrons. The number of halogens is 2. The van der Waals surface area contributed by atoms with Gasteiger partial charge in [0.25, 0.3) is 0 Å². The highest BCUT2D eigenvalue weighted by molar-refractivity contribution is 6.28. The summed E-state index contributed by atoms with van der Waals surface area (Å²) in [5.74, 6) is -1.26. The maximum absolute atomic E-state index is 11.3. The molecule has 0 unspecified atom stereocenters. The molecule has 0 saturated carbocycles. The summed E-state index contributed by atoms with van der Waals surface area (Å²) in [5, 5.41) is 10.3. The third-order valence-corrected chi connectivity index (χ3v) is 5.39.